The zero-order chi connectivity index (χ0) is 26.2. The summed E-state index contributed by atoms with van der Waals surface area (Å²) in [7, 11) is 0. The van der Waals surface area contributed by atoms with Crippen molar-refractivity contribution in [1.29, 1.82) is 5.26 Å². The average Bonchev–Trinajstić information content (AvgIpc) is 3.50. The van der Waals surface area contributed by atoms with E-state index in [1.165, 1.54) is 6.20 Å². The van der Waals surface area contributed by atoms with Gasteiger partial charge in [-0.1, -0.05) is 5.21 Å². The highest BCUT2D eigenvalue weighted by molar-refractivity contribution is 5.79. The first-order chi connectivity index (χ1) is 18.4. The summed E-state index contributed by atoms with van der Waals surface area (Å²) in [5, 5.41) is 35.5. The number of carbonyl (C=O) groups excluding carboxylic acids is 1. The monoisotopic (exact) mass is 513 g/mol. The van der Waals surface area contributed by atoms with E-state index in [1.807, 2.05) is 29.1 Å². The van der Waals surface area contributed by atoms with Crippen LogP contribution in [0, 0.1) is 23.2 Å². The Kier molecular flexibility index (Phi) is 6.13. The van der Waals surface area contributed by atoms with Gasteiger partial charge in [0, 0.05) is 30.0 Å². The molecule has 0 bridgehead atoms. The number of anilines is 1. The largest absolute Gasteiger partial charge is 0.449 e. The number of ether oxygens (including phenoxy) is 1. The molecule has 0 spiro atoms. The Morgan fingerprint density at radius 3 is 2.79 bits per heavy atom. The van der Waals surface area contributed by atoms with Crippen LogP contribution in [0.15, 0.2) is 42.9 Å². The first-order valence-corrected chi connectivity index (χ1v) is 12.6. The molecular weight excluding hydrogens is 486 g/mol. The molecule has 0 radical (unpaired) electrons. The van der Waals surface area contributed by atoms with Crippen molar-refractivity contribution in [2.45, 2.75) is 44.4 Å². The smallest absolute Gasteiger partial charge is 0.404 e. The van der Waals surface area contributed by atoms with Gasteiger partial charge in [0.15, 0.2) is 0 Å². The average molecular weight is 514 g/mol. The number of hydrogen-bond donors (Lipinski definition) is 3. The number of carbonyl (C=O) groups is 1. The van der Waals surface area contributed by atoms with Crippen molar-refractivity contribution < 1.29 is 14.6 Å². The highest BCUT2D eigenvalue weighted by Gasteiger charge is 2.31. The van der Waals surface area contributed by atoms with Gasteiger partial charge in [-0.2, -0.15) is 10.4 Å². The maximum absolute atomic E-state index is 10.9. The predicted octanol–water partition coefficient (Wildman–Crippen LogP) is 2.58. The van der Waals surface area contributed by atoms with Gasteiger partial charge in [-0.3, -0.25) is 9.67 Å². The van der Waals surface area contributed by atoms with Crippen molar-refractivity contribution in [3.63, 3.8) is 0 Å². The Morgan fingerprint density at radius 1 is 1.18 bits per heavy atom. The molecule has 0 atom stereocenters. The lowest BCUT2D eigenvalue weighted by Crippen LogP contribution is -2.38. The van der Waals surface area contributed by atoms with Crippen LogP contribution < -0.4 is 11.1 Å². The number of aliphatic hydroxyl groups is 1. The zero-order valence-electron chi connectivity index (χ0n) is 20.6. The van der Waals surface area contributed by atoms with Crippen LogP contribution in [0.4, 0.5) is 10.5 Å². The van der Waals surface area contributed by atoms with Gasteiger partial charge in [0.1, 0.15) is 11.8 Å². The number of aromatic nitrogens is 6. The van der Waals surface area contributed by atoms with Gasteiger partial charge in [-0.15, -0.1) is 5.10 Å². The number of fused-ring (bicyclic) bond motifs is 1. The highest BCUT2D eigenvalue weighted by atomic mass is 16.5. The lowest BCUT2D eigenvalue weighted by molar-refractivity contribution is 0.0334. The number of aliphatic hydroxyl groups excluding tert-OH is 1. The fraction of sp³-hybridized carbons (Fsp3) is 0.385. The van der Waals surface area contributed by atoms with Crippen LogP contribution in [0.1, 0.15) is 31.2 Å². The summed E-state index contributed by atoms with van der Waals surface area (Å²) >= 11 is 0. The minimum atomic E-state index is -0.753. The Bertz CT molecular complexity index is 1530. The molecule has 12 nitrogen and oxygen atoms in total. The number of rotatable bonds is 8. The van der Waals surface area contributed by atoms with Crippen LogP contribution >= 0.6 is 0 Å². The molecule has 2 aliphatic carbocycles. The van der Waals surface area contributed by atoms with Crippen LogP contribution in [-0.4, -0.2) is 59.5 Å². The number of amides is 1. The number of nitriles is 1. The van der Waals surface area contributed by atoms with Gasteiger partial charge in [0.25, 0.3) is 0 Å². The van der Waals surface area contributed by atoms with E-state index < -0.39 is 6.09 Å². The fourth-order valence-corrected chi connectivity index (χ4v) is 5.21. The van der Waals surface area contributed by atoms with Crippen molar-refractivity contribution >= 4 is 17.3 Å². The maximum atomic E-state index is 10.9. The summed E-state index contributed by atoms with van der Waals surface area (Å²) in [6, 6.07) is 9.91. The van der Waals surface area contributed by atoms with Crippen molar-refractivity contribution in [2.24, 2.45) is 17.6 Å². The number of hydrogen-bond acceptors (Lipinski definition) is 9. The third-order valence-corrected chi connectivity index (χ3v) is 7.32. The number of primary amides is 1. The SMILES string of the molecule is N#Cc1cnn2c(-c3cc(NC4CC(COC(N)=O)C4)c(-c4cn(CC5CC(O)C5)nn4)cn3)ccc2c1. The van der Waals surface area contributed by atoms with E-state index in [9.17, 15) is 15.2 Å². The minimum absolute atomic E-state index is 0.192. The van der Waals surface area contributed by atoms with E-state index in [0.29, 0.717) is 23.8 Å². The molecule has 0 aliphatic heterocycles. The first-order valence-electron chi connectivity index (χ1n) is 12.6. The molecule has 4 aromatic heterocycles. The molecule has 4 aromatic rings. The molecule has 2 saturated carbocycles. The van der Waals surface area contributed by atoms with Gasteiger partial charge in [0.05, 0.1) is 47.6 Å². The van der Waals surface area contributed by atoms with Crippen molar-refractivity contribution in [1.82, 2.24) is 29.6 Å². The molecule has 0 aromatic carbocycles. The maximum Gasteiger partial charge on any atom is 0.404 e. The molecule has 4 N–H and O–H groups in total. The van der Waals surface area contributed by atoms with Crippen molar-refractivity contribution in [2.75, 3.05) is 11.9 Å². The van der Waals surface area contributed by atoms with Crippen LogP contribution in [-0.2, 0) is 11.3 Å². The van der Waals surface area contributed by atoms with Crippen LogP contribution in [0.5, 0.6) is 0 Å². The lowest BCUT2D eigenvalue weighted by Gasteiger charge is -2.36. The second kappa shape index (κ2) is 9.75. The standard InChI is InChI=1S/C26H27N9O3/c27-9-17-5-19-1-2-25(35(19)30-10-17)23-8-22(31-18-3-16(4-18)14-38-26(28)37)21(11-29-23)24-13-34(33-32-24)12-15-6-20(36)7-15/h1-2,5,8,10-11,13,15-16,18,20,36H,3-4,6-7,12,14H2,(H2,28,37)(H,29,31). The topological polar surface area (TPSA) is 169 Å². The second-order valence-electron chi connectivity index (χ2n) is 10.2. The number of nitrogens with one attached hydrogen (secondary N) is 1. The van der Waals surface area contributed by atoms with Gasteiger partial charge in [0.2, 0.25) is 0 Å². The number of nitrogens with zero attached hydrogens (tertiary/aromatic N) is 7. The van der Waals surface area contributed by atoms with E-state index >= 15 is 0 Å². The fourth-order valence-electron chi connectivity index (χ4n) is 5.21. The van der Waals surface area contributed by atoms with Crippen molar-refractivity contribution in [3.8, 4) is 28.7 Å². The predicted molar refractivity (Wildman–Crippen MR) is 137 cm³/mol. The molecule has 12 heteroatoms. The van der Waals surface area contributed by atoms with Gasteiger partial charge in [-0.25, -0.2) is 9.31 Å². The molecule has 2 fully saturated rings. The van der Waals surface area contributed by atoms with E-state index in [1.54, 1.807) is 16.8 Å². The quantitative estimate of drug-likeness (QED) is 0.320. The Balaban J connectivity index is 1.28. The molecule has 0 unspecified atom stereocenters. The summed E-state index contributed by atoms with van der Waals surface area (Å²) in [5.41, 5.74) is 10.3. The summed E-state index contributed by atoms with van der Waals surface area (Å²) in [5.74, 6) is 0.667. The van der Waals surface area contributed by atoms with E-state index in [4.69, 9.17) is 15.5 Å². The molecule has 194 valence electrons. The summed E-state index contributed by atoms with van der Waals surface area (Å²) in [6.07, 6.45) is 7.53. The zero-order valence-corrected chi connectivity index (χ0v) is 20.6. The first kappa shape index (κ1) is 23.9. The molecule has 38 heavy (non-hydrogen) atoms. The molecule has 0 saturated heterocycles. The number of nitrogens with two attached hydrogens (primary N) is 1. The van der Waals surface area contributed by atoms with E-state index in [-0.39, 0.29) is 18.1 Å². The van der Waals surface area contributed by atoms with Crippen LogP contribution in [0.25, 0.3) is 28.2 Å². The number of pyridine rings is 1. The van der Waals surface area contributed by atoms with Gasteiger partial charge >= 0.3 is 6.09 Å². The molecule has 4 heterocycles. The third-order valence-electron chi connectivity index (χ3n) is 7.32. The summed E-state index contributed by atoms with van der Waals surface area (Å²) < 4.78 is 8.53. The van der Waals surface area contributed by atoms with Crippen LogP contribution in [0.3, 0.4) is 0 Å². The summed E-state index contributed by atoms with van der Waals surface area (Å²) in [6.45, 7) is 1.04. The second-order valence-corrected chi connectivity index (χ2v) is 10.2. The normalized spacial score (nSPS) is 22.3. The third kappa shape index (κ3) is 4.76. The minimum Gasteiger partial charge on any atom is -0.449 e. The van der Waals surface area contributed by atoms with Gasteiger partial charge < -0.3 is 20.9 Å². The van der Waals surface area contributed by atoms with Crippen molar-refractivity contribution in [3.05, 3.63) is 48.4 Å². The molecule has 1 amide bonds. The molecule has 2 aliphatic rings. The Morgan fingerprint density at radius 2 is 2.03 bits per heavy atom. The van der Waals surface area contributed by atoms with E-state index in [0.717, 1.165) is 60.4 Å². The molecular formula is C26H27N9O3. The van der Waals surface area contributed by atoms with E-state index in [2.05, 4.69) is 26.8 Å². The molecule has 6 rings (SSSR count). The highest BCUT2D eigenvalue weighted by Crippen LogP contribution is 2.36. The Labute approximate surface area is 218 Å². The van der Waals surface area contributed by atoms with Crippen LogP contribution in [0.2, 0.25) is 0 Å². The summed E-state index contributed by atoms with van der Waals surface area (Å²) in [4.78, 5) is 15.7. The Hall–Kier alpha value is -4.50. The lowest BCUT2D eigenvalue weighted by atomic mass is 9.80. The van der Waals surface area contributed by atoms with Gasteiger partial charge in [-0.05, 0) is 61.8 Å².